The number of aryl methyl sites for hydroxylation is 1. The molecule has 0 spiro atoms. The lowest BCUT2D eigenvalue weighted by Gasteiger charge is -2.17. The summed E-state index contributed by atoms with van der Waals surface area (Å²) in [6.45, 7) is 2.78. The van der Waals surface area contributed by atoms with Crippen molar-refractivity contribution < 1.29 is 4.74 Å². The molecule has 0 aliphatic rings. The van der Waals surface area contributed by atoms with Crippen molar-refractivity contribution in [1.82, 2.24) is 5.32 Å². The molecule has 0 bridgehead atoms. The minimum Gasteiger partial charge on any atom is -0.492 e. The summed E-state index contributed by atoms with van der Waals surface area (Å²) in [4.78, 5) is 0. The molecule has 1 unspecified atom stereocenters. The molecule has 0 radical (unpaired) electrons. The van der Waals surface area contributed by atoms with Crippen molar-refractivity contribution in [3.63, 3.8) is 0 Å². The maximum absolute atomic E-state index is 5.89. The van der Waals surface area contributed by atoms with E-state index in [0.717, 1.165) is 12.2 Å². The zero-order valence-electron chi connectivity index (χ0n) is 11.6. The summed E-state index contributed by atoms with van der Waals surface area (Å²) in [5, 5.41) is 3.29. The Morgan fingerprint density at radius 2 is 1.84 bits per heavy atom. The molecule has 2 aromatic carbocycles. The fourth-order valence-corrected chi connectivity index (χ4v) is 2.07. The van der Waals surface area contributed by atoms with Crippen molar-refractivity contribution in [2.45, 2.75) is 19.4 Å². The molecule has 0 fully saturated rings. The van der Waals surface area contributed by atoms with Crippen LogP contribution in [0, 0.1) is 0 Å². The molecule has 0 saturated heterocycles. The third-order valence-electron chi connectivity index (χ3n) is 3.27. The zero-order valence-corrected chi connectivity index (χ0v) is 11.6. The minimum absolute atomic E-state index is 0.214. The van der Waals surface area contributed by atoms with Gasteiger partial charge in [0.05, 0.1) is 6.04 Å². The van der Waals surface area contributed by atoms with Gasteiger partial charge < -0.3 is 10.1 Å². The molecule has 1 atom stereocenters. The van der Waals surface area contributed by atoms with E-state index in [-0.39, 0.29) is 6.04 Å². The van der Waals surface area contributed by atoms with E-state index in [1.54, 1.807) is 0 Å². The first-order valence-corrected chi connectivity index (χ1v) is 6.77. The molecule has 0 saturated carbocycles. The van der Waals surface area contributed by atoms with Gasteiger partial charge in [-0.1, -0.05) is 49.4 Å². The third-order valence-corrected chi connectivity index (χ3v) is 3.27. The maximum atomic E-state index is 5.89. The molecule has 19 heavy (non-hydrogen) atoms. The number of rotatable bonds is 6. The first-order chi connectivity index (χ1) is 9.33. The average molecular weight is 255 g/mol. The Bertz CT molecular complexity index is 496. The predicted molar refractivity (Wildman–Crippen MR) is 79.6 cm³/mol. The highest BCUT2D eigenvalue weighted by Crippen LogP contribution is 2.17. The van der Waals surface area contributed by atoms with Crippen molar-refractivity contribution in [1.29, 1.82) is 0 Å². The molecule has 0 aliphatic heterocycles. The van der Waals surface area contributed by atoms with Crippen LogP contribution < -0.4 is 10.1 Å². The molecule has 0 heterocycles. The molecule has 2 heteroatoms. The number of hydrogen-bond donors (Lipinski definition) is 1. The normalized spacial score (nSPS) is 12.1. The Morgan fingerprint density at radius 3 is 2.53 bits per heavy atom. The Hall–Kier alpha value is -1.80. The van der Waals surface area contributed by atoms with E-state index < -0.39 is 0 Å². The van der Waals surface area contributed by atoms with Crippen LogP contribution in [0.3, 0.4) is 0 Å². The van der Waals surface area contributed by atoms with Crippen LogP contribution in [0.1, 0.15) is 24.1 Å². The second-order valence-corrected chi connectivity index (χ2v) is 4.56. The molecule has 0 amide bonds. The van der Waals surface area contributed by atoms with Crippen molar-refractivity contribution in [2.24, 2.45) is 0 Å². The van der Waals surface area contributed by atoms with Crippen LogP contribution in [0.4, 0.5) is 0 Å². The number of likely N-dealkylation sites (N-methyl/N-ethyl adjacent to an activating group) is 1. The van der Waals surface area contributed by atoms with E-state index in [4.69, 9.17) is 4.74 Å². The molecule has 1 N–H and O–H groups in total. The Morgan fingerprint density at radius 1 is 1.05 bits per heavy atom. The van der Waals surface area contributed by atoms with Gasteiger partial charge in [-0.05, 0) is 36.7 Å². The van der Waals surface area contributed by atoms with Crippen molar-refractivity contribution >= 4 is 0 Å². The largest absolute Gasteiger partial charge is 0.492 e. The second kappa shape index (κ2) is 6.95. The van der Waals surface area contributed by atoms with Gasteiger partial charge in [-0.25, -0.2) is 0 Å². The average Bonchev–Trinajstić information content (AvgIpc) is 2.49. The van der Waals surface area contributed by atoms with Gasteiger partial charge in [-0.3, -0.25) is 0 Å². The number of benzene rings is 2. The predicted octanol–water partition coefficient (Wildman–Crippen LogP) is 3.59. The summed E-state index contributed by atoms with van der Waals surface area (Å²) in [7, 11) is 1.96. The van der Waals surface area contributed by atoms with E-state index in [0.29, 0.717) is 6.61 Å². The maximum Gasteiger partial charge on any atom is 0.119 e. The third kappa shape index (κ3) is 3.83. The van der Waals surface area contributed by atoms with Crippen LogP contribution in [0.5, 0.6) is 5.75 Å². The van der Waals surface area contributed by atoms with Gasteiger partial charge in [0.2, 0.25) is 0 Å². The molecule has 2 rings (SSSR count). The monoisotopic (exact) mass is 255 g/mol. The summed E-state index contributed by atoms with van der Waals surface area (Å²) in [5.74, 6) is 0.940. The van der Waals surface area contributed by atoms with Crippen molar-refractivity contribution in [3.05, 3.63) is 65.7 Å². The van der Waals surface area contributed by atoms with Gasteiger partial charge in [0, 0.05) is 0 Å². The molecule has 0 aromatic heterocycles. The smallest absolute Gasteiger partial charge is 0.119 e. The molecular formula is C17H21NO. The first kappa shape index (κ1) is 13.6. The second-order valence-electron chi connectivity index (χ2n) is 4.56. The first-order valence-electron chi connectivity index (χ1n) is 6.77. The minimum atomic E-state index is 0.214. The Labute approximate surface area is 115 Å². The highest BCUT2D eigenvalue weighted by atomic mass is 16.5. The van der Waals surface area contributed by atoms with Crippen molar-refractivity contribution in [3.8, 4) is 5.75 Å². The highest BCUT2D eigenvalue weighted by molar-refractivity contribution is 5.28. The standard InChI is InChI=1S/C17H21NO/c1-3-14-8-7-11-16(12-14)19-13-17(18-2)15-9-5-4-6-10-15/h4-12,17-18H,3,13H2,1-2H3. The Kier molecular flexibility index (Phi) is 4.99. The van der Waals surface area contributed by atoms with Crippen LogP contribution >= 0.6 is 0 Å². The SMILES string of the molecule is CCc1cccc(OCC(NC)c2ccccc2)c1. The van der Waals surface area contributed by atoms with Gasteiger partial charge in [0.25, 0.3) is 0 Å². The van der Waals surface area contributed by atoms with Crippen LogP contribution in [-0.2, 0) is 6.42 Å². The molecule has 2 nitrogen and oxygen atoms in total. The van der Waals surface area contributed by atoms with Crippen LogP contribution in [0.25, 0.3) is 0 Å². The molecule has 0 aliphatic carbocycles. The van der Waals surface area contributed by atoms with Gasteiger partial charge in [0.1, 0.15) is 12.4 Å². The van der Waals surface area contributed by atoms with Gasteiger partial charge in [-0.15, -0.1) is 0 Å². The van der Waals surface area contributed by atoms with E-state index in [9.17, 15) is 0 Å². The fourth-order valence-electron chi connectivity index (χ4n) is 2.07. The summed E-state index contributed by atoms with van der Waals surface area (Å²) >= 11 is 0. The molecule has 2 aromatic rings. The number of nitrogens with one attached hydrogen (secondary N) is 1. The van der Waals surface area contributed by atoms with Crippen LogP contribution in [-0.4, -0.2) is 13.7 Å². The van der Waals surface area contributed by atoms with Gasteiger partial charge in [-0.2, -0.15) is 0 Å². The lowest BCUT2D eigenvalue weighted by molar-refractivity contribution is 0.273. The van der Waals surface area contributed by atoms with E-state index in [2.05, 4.69) is 48.6 Å². The number of ether oxygens (including phenoxy) is 1. The summed E-state index contributed by atoms with van der Waals surface area (Å²) in [6, 6.07) is 18.9. The van der Waals surface area contributed by atoms with Crippen LogP contribution in [0.2, 0.25) is 0 Å². The van der Waals surface area contributed by atoms with E-state index in [1.165, 1.54) is 11.1 Å². The summed E-state index contributed by atoms with van der Waals surface area (Å²) in [6.07, 6.45) is 1.03. The topological polar surface area (TPSA) is 21.3 Å². The number of hydrogen-bond acceptors (Lipinski definition) is 2. The molecular weight excluding hydrogens is 234 g/mol. The van der Waals surface area contributed by atoms with E-state index >= 15 is 0 Å². The van der Waals surface area contributed by atoms with Crippen LogP contribution in [0.15, 0.2) is 54.6 Å². The van der Waals surface area contributed by atoms with Crippen molar-refractivity contribution in [2.75, 3.05) is 13.7 Å². The van der Waals surface area contributed by atoms with Gasteiger partial charge >= 0.3 is 0 Å². The lowest BCUT2D eigenvalue weighted by atomic mass is 10.1. The summed E-state index contributed by atoms with van der Waals surface area (Å²) in [5.41, 5.74) is 2.55. The summed E-state index contributed by atoms with van der Waals surface area (Å²) < 4.78 is 5.89. The van der Waals surface area contributed by atoms with Gasteiger partial charge in [0.15, 0.2) is 0 Å². The highest BCUT2D eigenvalue weighted by Gasteiger charge is 2.09. The zero-order chi connectivity index (χ0) is 13.5. The van der Waals surface area contributed by atoms with E-state index in [1.807, 2.05) is 25.2 Å². The molecule has 100 valence electrons. The lowest BCUT2D eigenvalue weighted by Crippen LogP contribution is -2.23. The fraction of sp³-hybridized carbons (Fsp3) is 0.294. The quantitative estimate of drug-likeness (QED) is 0.851. The Balaban J connectivity index is 2.00.